The average Bonchev–Trinajstić information content (AvgIpc) is 2.47. The van der Waals surface area contributed by atoms with Crippen molar-refractivity contribution in [2.75, 3.05) is 11.6 Å². The molecule has 2 rings (SSSR count). The Morgan fingerprint density at radius 3 is 2.33 bits per heavy atom. The van der Waals surface area contributed by atoms with Gasteiger partial charge >= 0.3 is 6.18 Å². The number of hydrogen-bond donors (Lipinski definition) is 1. The van der Waals surface area contributed by atoms with Gasteiger partial charge in [-0.1, -0.05) is 18.2 Å². The van der Waals surface area contributed by atoms with Crippen LogP contribution in [0.5, 0.6) is 0 Å². The number of halogens is 3. The molecule has 2 nitrogen and oxygen atoms in total. The highest BCUT2D eigenvalue weighted by Crippen LogP contribution is 2.35. The van der Waals surface area contributed by atoms with Crippen molar-refractivity contribution in [3.8, 4) is 0 Å². The van der Waals surface area contributed by atoms with E-state index in [4.69, 9.17) is 0 Å². The number of benzene rings is 2. The molecule has 110 valence electrons. The zero-order valence-corrected chi connectivity index (χ0v) is 11.9. The molecule has 2 aromatic carbocycles. The summed E-state index contributed by atoms with van der Waals surface area (Å²) < 4.78 is 38.0. The molecule has 0 saturated heterocycles. The maximum absolute atomic E-state index is 12.7. The average molecular weight is 311 g/mol. The van der Waals surface area contributed by atoms with Gasteiger partial charge in [0.2, 0.25) is 0 Å². The Bertz CT molecular complexity index is 641. The van der Waals surface area contributed by atoms with Gasteiger partial charge < -0.3 is 5.32 Å². The lowest BCUT2D eigenvalue weighted by Crippen LogP contribution is -2.13. The highest BCUT2D eigenvalue weighted by molar-refractivity contribution is 7.98. The Morgan fingerprint density at radius 1 is 1.10 bits per heavy atom. The lowest BCUT2D eigenvalue weighted by molar-refractivity contribution is -0.137. The van der Waals surface area contributed by atoms with E-state index in [1.807, 2.05) is 0 Å². The van der Waals surface area contributed by atoms with Crippen LogP contribution in [0.3, 0.4) is 0 Å². The van der Waals surface area contributed by atoms with Crippen molar-refractivity contribution in [1.29, 1.82) is 0 Å². The van der Waals surface area contributed by atoms with E-state index in [0.29, 0.717) is 16.1 Å². The van der Waals surface area contributed by atoms with E-state index in [9.17, 15) is 18.0 Å². The molecule has 0 radical (unpaired) electrons. The molecule has 1 amide bonds. The molecule has 0 unspecified atom stereocenters. The molecule has 0 aromatic heterocycles. The van der Waals surface area contributed by atoms with E-state index >= 15 is 0 Å². The number of hydrogen-bond acceptors (Lipinski definition) is 2. The summed E-state index contributed by atoms with van der Waals surface area (Å²) >= 11 is 1.15. The van der Waals surface area contributed by atoms with Gasteiger partial charge in [-0.3, -0.25) is 4.79 Å². The number of rotatable bonds is 3. The van der Waals surface area contributed by atoms with Crippen LogP contribution in [0.1, 0.15) is 15.9 Å². The summed E-state index contributed by atoms with van der Waals surface area (Å²) in [7, 11) is 0. The lowest BCUT2D eigenvalue weighted by Gasteiger charge is -2.13. The maximum Gasteiger partial charge on any atom is 0.416 e. The summed E-state index contributed by atoms with van der Waals surface area (Å²) in [6.07, 6.45) is -2.74. The molecular weight excluding hydrogens is 299 g/mol. The van der Waals surface area contributed by atoms with Crippen LogP contribution in [0.25, 0.3) is 0 Å². The van der Waals surface area contributed by atoms with Gasteiger partial charge in [0.25, 0.3) is 5.91 Å². The summed E-state index contributed by atoms with van der Waals surface area (Å²) in [4.78, 5) is 12.4. The topological polar surface area (TPSA) is 29.1 Å². The van der Waals surface area contributed by atoms with Crippen LogP contribution in [0.15, 0.2) is 53.4 Å². The number of carbonyl (C=O) groups is 1. The monoisotopic (exact) mass is 311 g/mol. The van der Waals surface area contributed by atoms with Crippen LogP contribution in [0.2, 0.25) is 0 Å². The van der Waals surface area contributed by atoms with Gasteiger partial charge in [0.15, 0.2) is 0 Å². The van der Waals surface area contributed by atoms with Gasteiger partial charge in [0.05, 0.1) is 11.3 Å². The van der Waals surface area contributed by atoms with E-state index in [0.717, 1.165) is 23.9 Å². The van der Waals surface area contributed by atoms with Crippen LogP contribution in [0, 0.1) is 0 Å². The number of nitrogens with one attached hydrogen (secondary N) is 1. The molecule has 0 bridgehead atoms. The van der Waals surface area contributed by atoms with Gasteiger partial charge in [-0.05, 0) is 36.6 Å². The van der Waals surface area contributed by atoms with Gasteiger partial charge in [-0.2, -0.15) is 13.2 Å². The normalized spacial score (nSPS) is 11.2. The number of thioether (sulfide) groups is 1. The van der Waals surface area contributed by atoms with Crippen molar-refractivity contribution in [2.45, 2.75) is 11.1 Å². The second-order valence-corrected chi connectivity index (χ2v) is 5.08. The highest BCUT2D eigenvalue weighted by Gasteiger charge is 2.31. The SMILES string of the molecule is CSc1cc(C(F)(F)F)ccc1NC(=O)c1ccccc1. The minimum Gasteiger partial charge on any atom is -0.321 e. The zero-order chi connectivity index (χ0) is 15.5. The van der Waals surface area contributed by atoms with Crippen LogP contribution in [-0.2, 0) is 6.18 Å². The van der Waals surface area contributed by atoms with Crippen LogP contribution >= 0.6 is 11.8 Å². The molecule has 1 N–H and O–H groups in total. The molecule has 0 fully saturated rings. The number of carbonyl (C=O) groups excluding carboxylic acids is 1. The fourth-order valence-corrected chi connectivity index (χ4v) is 2.34. The number of amides is 1. The Hall–Kier alpha value is -1.95. The first-order valence-corrected chi connectivity index (χ1v) is 7.26. The van der Waals surface area contributed by atoms with E-state index in [-0.39, 0.29) is 5.91 Å². The highest BCUT2D eigenvalue weighted by atomic mass is 32.2. The van der Waals surface area contributed by atoms with Gasteiger partial charge in [0.1, 0.15) is 0 Å². The predicted octanol–water partition coefficient (Wildman–Crippen LogP) is 4.68. The molecule has 2 aromatic rings. The van der Waals surface area contributed by atoms with Crippen LogP contribution < -0.4 is 5.32 Å². The van der Waals surface area contributed by atoms with Crippen LogP contribution in [-0.4, -0.2) is 12.2 Å². The summed E-state index contributed by atoms with van der Waals surface area (Å²) in [6, 6.07) is 11.8. The number of anilines is 1. The first-order chi connectivity index (χ1) is 9.91. The third kappa shape index (κ3) is 3.78. The molecule has 6 heteroatoms. The van der Waals surface area contributed by atoms with Crippen molar-refractivity contribution in [2.24, 2.45) is 0 Å². The molecule has 0 aliphatic carbocycles. The first kappa shape index (κ1) is 15.4. The van der Waals surface area contributed by atoms with Crippen molar-refractivity contribution >= 4 is 23.4 Å². The molecule has 0 heterocycles. The second kappa shape index (κ2) is 6.22. The van der Waals surface area contributed by atoms with E-state index < -0.39 is 11.7 Å². The second-order valence-electron chi connectivity index (χ2n) is 4.23. The molecule has 0 saturated carbocycles. The zero-order valence-electron chi connectivity index (χ0n) is 11.1. The fraction of sp³-hybridized carbons (Fsp3) is 0.133. The summed E-state index contributed by atoms with van der Waals surface area (Å²) in [6.45, 7) is 0. The molecular formula is C15H12F3NOS. The Balaban J connectivity index is 2.26. The molecule has 0 spiro atoms. The van der Waals surface area contributed by atoms with E-state index in [2.05, 4.69) is 5.32 Å². The van der Waals surface area contributed by atoms with Crippen molar-refractivity contribution < 1.29 is 18.0 Å². The Kier molecular flexibility index (Phi) is 4.57. The standard InChI is InChI=1S/C15H12F3NOS/c1-21-13-9-11(15(16,17)18)7-8-12(13)19-14(20)10-5-3-2-4-6-10/h2-9H,1H3,(H,19,20). The van der Waals surface area contributed by atoms with E-state index in [1.165, 1.54) is 6.07 Å². The third-order valence-corrected chi connectivity index (χ3v) is 3.59. The predicted molar refractivity (Wildman–Crippen MR) is 77.6 cm³/mol. The molecule has 21 heavy (non-hydrogen) atoms. The van der Waals surface area contributed by atoms with Crippen LogP contribution in [0.4, 0.5) is 18.9 Å². The van der Waals surface area contributed by atoms with Gasteiger partial charge in [0, 0.05) is 10.5 Å². The minimum atomic E-state index is -4.40. The maximum atomic E-state index is 12.7. The number of alkyl halides is 3. The minimum absolute atomic E-state index is 0.356. The Morgan fingerprint density at radius 2 is 1.76 bits per heavy atom. The molecule has 0 aliphatic rings. The van der Waals surface area contributed by atoms with Crippen molar-refractivity contribution in [3.05, 3.63) is 59.7 Å². The van der Waals surface area contributed by atoms with Crippen molar-refractivity contribution in [1.82, 2.24) is 0 Å². The fourth-order valence-electron chi connectivity index (χ4n) is 1.75. The largest absolute Gasteiger partial charge is 0.416 e. The van der Waals surface area contributed by atoms with Gasteiger partial charge in [-0.25, -0.2) is 0 Å². The lowest BCUT2D eigenvalue weighted by atomic mass is 10.1. The first-order valence-electron chi connectivity index (χ1n) is 6.03. The quantitative estimate of drug-likeness (QED) is 0.834. The van der Waals surface area contributed by atoms with Crippen molar-refractivity contribution in [3.63, 3.8) is 0 Å². The van der Waals surface area contributed by atoms with E-state index in [1.54, 1.807) is 36.6 Å². The van der Waals surface area contributed by atoms with Gasteiger partial charge in [-0.15, -0.1) is 11.8 Å². The molecule has 0 atom stereocenters. The summed E-state index contributed by atoms with van der Waals surface area (Å²) in [5.41, 5.74) is 0.0818. The summed E-state index contributed by atoms with van der Waals surface area (Å²) in [5, 5.41) is 2.63. The summed E-state index contributed by atoms with van der Waals surface area (Å²) in [5.74, 6) is -0.356. The third-order valence-electron chi connectivity index (χ3n) is 2.81. The Labute approximate surface area is 124 Å². The molecule has 0 aliphatic heterocycles. The smallest absolute Gasteiger partial charge is 0.321 e.